The molecule has 1 aromatic rings. The molecular weight excluding hydrogens is 196 g/mol. The Bertz CT molecular complexity index is 388. The second kappa shape index (κ2) is 3.86. The average Bonchev–Trinajstić information content (AvgIpc) is 3.01. The molecule has 3 N–H and O–H groups in total. The first kappa shape index (κ1) is 9.92. The summed E-state index contributed by atoms with van der Waals surface area (Å²) in [6.07, 6.45) is 3.51. The lowest BCUT2D eigenvalue weighted by molar-refractivity contribution is 0.0691. The Morgan fingerprint density at radius 3 is 2.93 bits per heavy atom. The Morgan fingerprint density at radius 2 is 2.40 bits per heavy atom. The fourth-order valence-corrected chi connectivity index (χ4v) is 1.29. The van der Waals surface area contributed by atoms with Gasteiger partial charge in [0.2, 0.25) is 0 Å². The number of aromatic carboxylic acids is 1. The molecule has 0 saturated heterocycles. The van der Waals surface area contributed by atoms with E-state index in [1.54, 1.807) is 0 Å². The van der Waals surface area contributed by atoms with E-state index in [2.05, 4.69) is 4.98 Å². The van der Waals surface area contributed by atoms with Crippen molar-refractivity contribution in [2.24, 2.45) is 5.73 Å². The van der Waals surface area contributed by atoms with Crippen LogP contribution in [-0.2, 0) is 6.54 Å². The van der Waals surface area contributed by atoms with E-state index >= 15 is 0 Å². The van der Waals surface area contributed by atoms with Gasteiger partial charge in [-0.2, -0.15) is 0 Å². The monoisotopic (exact) mass is 208 g/mol. The van der Waals surface area contributed by atoms with Gasteiger partial charge in [-0.3, -0.25) is 4.98 Å². The zero-order chi connectivity index (χ0) is 10.8. The molecule has 1 aromatic heterocycles. The van der Waals surface area contributed by atoms with E-state index in [0.29, 0.717) is 11.4 Å². The van der Waals surface area contributed by atoms with Gasteiger partial charge in [0.05, 0.1) is 11.8 Å². The Labute approximate surface area is 86.9 Å². The summed E-state index contributed by atoms with van der Waals surface area (Å²) in [6.45, 7) is 0.184. The molecular formula is C10H12N2O3. The van der Waals surface area contributed by atoms with Gasteiger partial charge >= 0.3 is 5.97 Å². The summed E-state index contributed by atoms with van der Waals surface area (Å²) in [7, 11) is 0. The quantitative estimate of drug-likeness (QED) is 0.763. The molecule has 0 radical (unpaired) electrons. The highest BCUT2D eigenvalue weighted by Crippen LogP contribution is 2.30. The zero-order valence-electron chi connectivity index (χ0n) is 8.14. The van der Waals surface area contributed by atoms with Crippen molar-refractivity contribution in [1.29, 1.82) is 0 Å². The molecule has 5 nitrogen and oxygen atoms in total. The lowest BCUT2D eigenvalue weighted by Crippen LogP contribution is -2.11. The minimum absolute atomic E-state index is 0.136. The molecule has 1 aliphatic rings. The van der Waals surface area contributed by atoms with Crippen molar-refractivity contribution in [3.05, 3.63) is 23.5 Å². The molecule has 80 valence electrons. The minimum atomic E-state index is -1.01. The molecule has 1 heterocycles. The summed E-state index contributed by atoms with van der Waals surface area (Å²) in [5.41, 5.74) is 6.12. The molecule has 15 heavy (non-hydrogen) atoms. The molecule has 1 aliphatic carbocycles. The molecule has 0 aliphatic heterocycles. The molecule has 0 bridgehead atoms. The molecule has 0 amide bonds. The van der Waals surface area contributed by atoms with Crippen LogP contribution in [0.4, 0.5) is 0 Å². The maximum Gasteiger partial charge on any atom is 0.339 e. The molecule has 0 aromatic carbocycles. The van der Waals surface area contributed by atoms with E-state index in [9.17, 15) is 4.79 Å². The summed E-state index contributed by atoms with van der Waals surface area (Å²) in [5, 5.41) is 8.97. The summed E-state index contributed by atoms with van der Waals surface area (Å²) in [5.74, 6) is -0.683. The summed E-state index contributed by atoms with van der Waals surface area (Å²) in [4.78, 5) is 15.0. The first-order chi connectivity index (χ1) is 7.22. The van der Waals surface area contributed by atoms with Crippen LogP contribution in [0.5, 0.6) is 5.75 Å². The van der Waals surface area contributed by atoms with E-state index in [1.165, 1.54) is 12.3 Å². The maximum atomic E-state index is 10.9. The van der Waals surface area contributed by atoms with Crippen molar-refractivity contribution in [3.8, 4) is 5.75 Å². The van der Waals surface area contributed by atoms with Crippen LogP contribution in [0.25, 0.3) is 0 Å². The molecule has 0 spiro atoms. The van der Waals surface area contributed by atoms with Crippen molar-refractivity contribution in [2.45, 2.75) is 25.5 Å². The summed E-state index contributed by atoms with van der Waals surface area (Å²) >= 11 is 0. The third-order valence-corrected chi connectivity index (χ3v) is 2.21. The van der Waals surface area contributed by atoms with E-state index in [0.717, 1.165) is 12.8 Å². The fraction of sp³-hybridized carbons (Fsp3) is 0.400. The van der Waals surface area contributed by atoms with Crippen molar-refractivity contribution in [3.63, 3.8) is 0 Å². The Hall–Kier alpha value is -1.62. The lowest BCUT2D eigenvalue weighted by atomic mass is 10.2. The zero-order valence-corrected chi connectivity index (χ0v) is 8.14. The SMILES string of the molecule is NCc1nccc(C(=O)O)c1OC1CC1. The predicted octanol–water partition coefficient (Wildman–Crippen LogP) is 0.780. The summed E-state index contributed by atoms with van der Waals surface area (Å²) < 4.78 is 5.52. The topological polar surface area (TPSA) is 85.4 Å². The number of hydrogen-bond donors (Lipinski definition) is 2. The number of nitrogens with zero attached hydrogens (tertiary/aromatic N) is 1. The number of aromatic nitrogens is 1. The van der Waals surface area contributed by atoms with Gasteiger partial charge in [0.15, 0.2) is 5.75 Å². The first-order valence-electron chi connectivity index (χ1n) is 4.80. The van der Waals surface area contributed by atoms with E-state index < -0.39 is 5.97 Å². The van der Waals surface area contributed by atoms with Crippen molar-refractivity contribution >= 4 is 5.97 Å². The van der Waals surface area contributed by atoms with Gasteiger partial charge in [0, 0.05) is 12.7 Å². The van der Waals surface area contributed by atoms with Gasteiger partial charge in [-0.15, -0.1) is 0 Å². The highest BCUT2D eigenvalue weighted by atomic mass is 16.5. The minimum Gasteiger partial charge on any atom is -0.488 e. The number of nitrogens with two attached hydrogens (primary N) is 1. The Balaban J connectivity index is 2.38. The van der Waals surface area contributed by atoms with Crippen LogP contribution in [0.2, 0.25) is 0 Å². The van der Waals surface area contributed by atoms with Crippen LogP contribution in [0.3, 0.4) is 0 Å². The van der Waals surface area contributed by atoms with Crippen LogP contribution >= 0.6 is 0 Å². The van der Waals surface area contributed by atoms with Crippen molar-refractivity contribution in [2.75, 3.05) is 0 Å². The number of carbonyl (C=O) groups is 1. The Morgan fingerprint density at radius 1 is 1.67 bits per heavy atom. The van der Waals surface area contributed by atoms with Crippen LogP contribution in [-0.4, -0.2) is 22.2 Å². The predicted molar refractivity (Wildman–Crippen MR) is 52.7 cm³/mol. The number of hydrogen-bond acceptors (Lipinski definition) is 4. The van der Waals surface area contributed by atoms with E-state index in [-0.39, 0.29) is 18.2 Å². The van der Waals surface area contributed by atoms with E-state index in [1.807, 2.05) is 0 Å². The van der Waals surface area contributed by atoms with Gasteiger partial charge in [0.1, 0.15) is 5.56 Å². The smallest absolute Gasteiger partial charge is 0.339 e. The van der Waals surface area contributed by atoms with Crippen LogP contribution in [0, 0.1) is 0 Å². The largest absolute Gasteiger partial charge is 0.488 e. The van der Waals surface area contributed by atoms with Gasteiger partial charge in [-0.05, 0) is 18.9 Å². The highest BCUT2D eigenvalue weighted by Gasteiger charge is 2.27. The molecule has 5 heteroatoms. The fourth-order valence-electron chi connectivity index (χ4n) is 1.29. The normalized spacial score (nSPS) is 15.0. The molecule has 0 atom stereocenters. The lowest BCUT2D eigenvalue weighted by Gasteiger charge is -2.11. The number of carboxylic acid groups (broad SMARTS) is 1. The number of pyridine rings is 1. The second-order valence-corrected chi connectivity index (χ2v) is 3.46. The Kier molecular flexibility index (Phi) is 2.55. The average molecular weight is 208 g/mol. The first-order valence-corrected chi connectivity index (χ1v) is 4.80. The van der Waals surface area contributed by atoms with Crippen LogP contribution < -0.4 is 10.5 Å². The molecule has 1 fully saturated rings. The highest BCUT2D eigenvalue weighted by molar-refractivity contribution is 5.91. The molecule has 0 unspecified atom stereocenters. The van der Waals surface area contributed by atoms with Crippen LogP contribution in [0.1, 0.15) is 28.9 Å². The standard InChI is InChI=1S/C10H12N2O3/c11-5-8-9(15-6-1-2-6)7(10(13)14)3-4-12-8/h3-4,6H,1-2,5,11H2,(H,13,14). The van der Waals surface area contributed by atoms with E-state index in [4.69, 9.17) is 15.6 Å². The van der Waals surface area contributed by atoms with Crippen molar-refractivity contribution in [1.82, 2.24) is 4.98 Å². The van der Waals surface area contributed by atoms with Gasteiger partial charge < -0.3 is 15.6 Å². The molecule has 2 rings (SSSR count). The number of ether oxygens (including phenoxy) is 1. The van der Waals surface area contributed by atoms with Gasteiger partial charge in [0.25, 0.3) is 0 Å². The number of carboxylic acids is 1. The van der Waals surface area contributed by atoms with Crippen molar-refractivity contribution < 1.29 is 14.6 Å². The van der Waals surface area contributed by atoms with Crippen LogP contribution in [0.15, 0.2) is 12.3 Å². The maximum absolute atomic E-state index is 10.9. The second-order valence-electron chi connectivity index (χ2n) is 3.46. The third-order valence-electron chi connectivity index (χ3n) is 2.21. The third kappa shape index (κ3) is 2.07. The number of rotatable bonds is 4. The molecule has 1 saturated carbocycles. The van der Waals surface area contributed by atoms with Gasteiger partial charge in [-0.1, -0.05) is 0 Å². The summed E-state index contributed by atoms with van der Waals surface area (Å²) in [6, 6.07) is 1.43. The van der Waals surface area contributed by atoms with Gasteiger partial charge in [-0.25, -0.2) is 4.79 Å².